The maximum absolute atomic E-state index is 12.9. The van der Waals surface area contributed by atoms with E-state index in [1.54, 1.807) is 17.0 Å². The molecule has 130 valence electrons. The van der Waals surface area contributed by atoms with Crippen molar-refractivity contribution in [3.05, 3.63) is 53.6 Å². The van der Waals surface area contributed by atoms with Crippen molar-refractivity contribution in [1.82, 2.24) is 0 Å². The van der Waals surface area contributed by atoms with Crippen molar-refractivity contribution < 1.29 is 14.3 Å². The number of nitrogens with zero attached hydrogens (tertiary/aromatic N) is 2. The third kappa shape index (κ3) is 3.28. The van der Waals surface area contributed by atoms with Gasteiger partial charge in [-0.15, -0.1) is 0 Å². The summed E-state index contributed by atoms with van der Waals surface area (Å²) in [5, 5.41) is 2.86. The zero-order valence-corrected chi connectivity index (χ0v) is 14.6. The number of urea groups is 1. The van der Waals surface area contributed by atoms with E-state index in [0.717, 1.165) is 23.5 Å². The Labute approximate surface area is 147 Å². The molecule has 0 spiro atoms. The Hall–Kier alpha value is -3.02. The van der Waals surface area contributed by atoms with Gasteiger partial charge in [-0.25, -0.2) is 9.59 Å². The lowest BCUT2D eigenvalue weighted by atomic mass is 10.1. The molecule has 6 heteroatoms. The lowest BCUT2D eigenvalue weighted by Gasteiger charge is -2.35. The van der Waals surface area contributed by atoms with Crippen molar-refractivity contribution in [1.29, 1.82) is 0 Å². The number of methoxy groups -OCH3 is 1. The summed E-state index contributed by atoms with van der Waals surface area (Å²) in [6.45, 7) is 3.21. The van der Waals surface area contributed by atoms with E-state index in [2.05, 4.69) is 10.2 Å². The highest BCUT2D eigenvalue weighted by molar-refractivity contribution is 6.07. The highest BCUT2D eigenvalue weighted by atomic mass is 16.5. The van der Waals surface area contributed by atoms with Crippen molar-refractivity contribution in [2.75, 3.05) is 42.4 Å². The molecular weight excluding hydrogens is 318 g/mol. The molecule has 3 rings (SSSR count). The van der Waals surface area contributed by atoms with Crippen LogP contribution in [-0.2, 0) is 4.74 Å². The maximum Gasteiger partial charge on any atom is 0.339 e. The first kappa shape index (κ1) is 16.8. The molecule has 0 atom stereocenters. The third-order valence-electron chi connectivity index (χ3n) is 4.31. The SMILES string of the molecule is COC(=O)c1ccc(C)cc1NC(=O)N1CCN(C)c2ccccc21. The number of carbonyl (C=O) groups excluding carboxylic acids is 2. The normalized spacial score (nSPS) is 13.2. The summed E-state index contributed by atoms with van der Waals surface area (Å²) in [6, 6.07) is 12.7. The Kier molecular flexibility index (Phi) is 4.61. The van der Waals surface area contributed by atoms with Crippen LogP contribution in [0, 0.1) is 6.92 Å². The zero-order chi connectivity index (χ0) is 18.0. The number of anilines is 3. The Bertz CT molecular complexity index is 819. The lowest BCUT2D eigenvalue weighted by Crippen LogP contribution is -2.44. The number of benzene rings is 2. The van der Waals surface area contributed by atoms with Gasteiger partial charge in [0.2, 0.25) is 0 Å². The van der Waals surface area contributed by atoms with Crippen LogP contribution >= 0.6 is 0 Å². The van der Waals surface area contributed by atoms with Gasteiger partial charge in [-0.3, -0.25) is 4.90 Å². The second-order valence-electron chi connectivity index (χ2n) is 6.03. The summed E-state index contributed by atoms with van der Waals surface area (Å²) in [6.07, 6.45) is 0. The van der Waals surface area contributed by atoms with Crippen LogP contribution in [0.4, 0.5) is 21.9 Å². The van der Waals surface area contributed by atoms with Crippen LogP contribution in [-0.4, -0.2) is 39.2 Å². The van der Waals surface area contributed by atoms with E-state index in [-0.39, 0.29) is 6.03 Å². The standard InChI is InChI=1S/C19H21N3O3/c1-13-8-9-14(18(23)25-3)15(12-13)20-19(24)22-11-10-21(2)16-6-4-5-7-17(16)22/h4-9,12H,10-11H2,1-3H3,(H,20,24). The van der Waals surface area contributed by atoms with E-state index >= 15 is 0 Å². The Morgan fingerprint density at radius 3 is 2.52 bits per heavy atom. The number of carbonyl (C=O) groups is 2. The first-order chi connectivity index (χ1) is 12.0. The fourth-order valence-electron chi connectivity index (χ4n) is 2.95. The molecule has 0 radical (unpaired) electrons. The van der Waals surface area contributed by atoms with Crippen LogP contribution in [0.1, 0.15) is 15.9 Å². The summed E-state index contributed by atoms with van der Waals surface area (Å²) >= 11 is 0. The van der Waals surface area contributed by atoms with E-state index in [1.807, 2.05) is 44.3 Å². The molecule has 0 aliphatic carbocycles. The van der Waals surface area contributed by atoms with E-state index in [9.17, 15) is 9.59 Å². The third-order valence-corrected chi connectivity index (χ3v) is 4.31. The minimum absolute atomic E-state index is 0.267. The first-order valence-electron chi connectivity index (χ1n) is 8.09. The molecule has 0 fully saturated rings. The van der Waals surface area contributed by atoms with Crippen molar-refractivity contribution in [3.8, 4) is 0 Å². The molecule has 0 bridgehead atoms. The van der Waals surface area contributed by atoms with Gasteiger partial charge < -0.3 is 15.0 Å². The molecule has 1 N–H and O–H groups in total. The Morgan fingerprint density at radius 2 is 1.80 bits per heavy atom. The molecule has 1 heterocycles. The monoisotopic (exact) mass is 339 g/mol. The van der Waals surface area contributed by atoms with Gasteiger partial charge in [0.1, 0.15) is 0 Å². The van der Waals surface area contributed by atoms with Gasteiger partial charge >= 0.3 is 12.0 Å². The van der Waals surface area contributed by atoms with Crippen molar-refractivity contribution in [2.24, 2.45) is 0 Å². The molecule has 1 aliphatic rings. The van der Waals surface area contributed by atoms with Gasteiger partial charge in [0.05, 0.1) is 29.7 Å². The van der Waals surface area contributed by atoms with Crippen molar-refractivity contribution in [2.45, 2.75) is 6.92 Å². The Balaban J connectivity index is 1.90. The van der Waals surface area contributed by atoms with Crippen LogP contribution in [0.3, 0.4) is 0 Å². The van der Waals surface area contributed by atoms with E-state index in [4.69, 9.17) is 4.74 Å². The van der Waals surface area contributed by atoms with Gasteiger partial charge in [0.25, 0.3) is 0 Å². The van der Waals surface area contributed by atoms with Gasteiger partial charge in [-0.1, -0.05) is 18.2 Å². The largest absolute Gasteiger partial charge is 0.465 e. The fourth-order valence-corrected chi connectivity index (χ4v) is 2.95. The van der Waals surface area contributed by atoms with Gasteiger partial charge in [0.15, 0.2) is 0 Å². The molecule has 25 heavy (non-hydrogen) atoms. The number of nitrogens with one attached hydrogen (secondary N) is 1. The number of hydrogen-bond donors (Lipinski definition) is 1. The molecule has 0 aromatic heterocycles. The highest BCUT2D eigenvalue weighted by Gasteiger charge is 2.26. The number of fused-ring (bicyclic) bond motifs is 1. The zero-order valence-electron chi connectivity index (χ0n) is 14.6. The van der Waals surface area contributed by atoms with Crippen molar-refractivity contribution >= 4 is 29.1 Å². The second kappa shape index (κ2) is 6.84. The minimum Gasteiger partial charge on any atom is -0.465 e. The topological polar surface area (TPSA) is 61.9 Å². The van der Waals surface area contributed by atoms with Crippen LogP contribution in [0.15, 0.2) is 42.5 Å². The second-order valence-corrected chi connectivity index (χ2v) is 6.03. The summed E-state index contributed by atoms with van der Waals surface area (Å²) in [7, 11) is 3.33. The molecule has 0 unspecified atom stereocenters. The summed E-state index contributed by atoms with van der Waals surface area (Å²) in [5.74, 6) is -0.478. The average Bonchev–Trinajstić information content (AvgIpc) is 2.61. The summed E-state index contributed by atoms with van der Waals surface area (Å²) in [4.78, 5) is 28.6. The number of likely N-dealkylation sites (N-methyl/N-ethyl adjacent to an activating group) is 1. The maximum atomic E-state index is 12.9. The quantitative estimate of drug-likeness (QED) is 0.853. The van der Waals surface area contributed by atoms with E-state index < -0.39 is 5.97 Å². The minimum atomic E-state index is -0.478. The van der Waals surface area contributed by atoms with Gasteiger partial charge in [-0.2, -0.15) is 0 Å². The molecule has 6 nitrogen and oxygen atoms in total. The number of esters is 1. The number of aryl methyl sites for hydroxylation is 1. The van der Waals surface area contributed by atoms with Gasteiger partial charge in [-0.05, 0) is 36.8 Å². The predicted octanol–water partition coefficient (Wildman–Crippen LogP) is 3.27. The van der Waals surface area contributed by atoms with Crippen LogP contribution < -0.4 is 15.1 Å². The fraction of sp³-hybridized carbons (Fsp3) is 0.263. The van der Waals surface area contributed by atoms with Gasteiger partial charge in [0, 0.05) is 20.1 Å². The molecule has 2 aromatic carbocycles. The van der Waals surface area contributed by atoms with E-state index in [1.165, 1.54) is 7.11 Å². The first-order valence-corrected chi connectivity index (χ1v) is 8.09. The highest BCUT2D eigenvalue weighted by Crippen LogP contribution is 2.32. The molecular formula is C19H21N3O3. The van der Waals surface area contributed by atoms with Crippen LogP contribution in [0.25, 0.3) is 0 Å². The smallest absolute Gasteiger partial charge is 0.339 e. The molecule has 0 saturated heterocycles. The Morgan fingerprint density at radius 1 is 1.08 bits per heavy atom. The number of hydrogen-bond acceptors (Lipinski definition) is 4. The summed E-state index contributed by atoms with van der Waals surface area (Å²) in [5.41, 5.74) is 3.58. The molecule has 1 aliphatic heterocycles. The van der Waals surface area contributed by atoms with Crippen LogP contribution in [0.2, 0.25) is 0 Å². The number of para-hydroxylation sites is 2. The molecule has 0 saturated carbocycles. The summed E-state index contributed by atoms with van der Waals surface area (Å²) < 4.78 is 4.80. The number of amides is 2. The average molecular weight is 339 g/mol. The molecule has 2 amide bonds. The van der Waals surface area contributed by atoms with Crippen LogP contribution in [0.5, 0.6) is 0 Å². The lowest BCUT2D eigenvalue weighted by molar-refractivity contribution is 0.0602. The predicted molar refractivity (Wildman–Crippen MR) is 98.6 cm³/mol. The van der Waals surface area contributed by atoms with Crippen molar-refractivity contribution in [3.63, 3.8) is 0 Å². The number of rotatable bonds is 2. The number of ether oxygens (including phenoxy) is 1. The van der Waals surface area contributed by atoms with E-state index in [0.29, 0.717) is 17.8 Å². The molecule has 2 aromatic rings.